The minimum Gasteiger partial charge on any atom is -0.192 e. The van der Waals surface area contributed by atoms with E-state index >= 15 is 0 Å². The van der Waals surface area contributed by atoms with E-state index in [1.54, 1.807) is 6.92 Å². The fourth-order valence-corrected chi connectivity index (χ4v) is 1.48. The molecule has 0 aromatic heterocycles. The standard InChI is InChI=1S/C11H9N.C3H4.C2H6/c12-8-9-5-6-10-3-1-2-4-11(10)7-9;1-3-2;1-2/h3-7H,1-2H2;1H,2H3;1-2H3. The van der Waals surface area contributed by atoms with Crippen LogP contribution in [-0.4, -0.2) is 0 Å². The Balaban J connectivity index is 0.000000450. The van der Waals surface area contributed by atoms with Crippen molar-refractivity contribution in [3.63, 3.8) is 0 Å². The summed E-state index contributed by atoms with van der Waals surface area (Å²) < 4.78 is 0. The summed E-state index contributed by atoms with van der Waals surface area (Å²) in [6, 6.07) is 7.98. The zero-order valence-corrected chi connectivity index (χ0v) is 10.8. The minimum absolute atomic E-state index is 0.750. The summed E-state index contributed by atoms with van der Waals surface area (Å²) in [6.45, 7) is 5.65. The van der Waals surface area contributed by atoms with Crippen LogP contribution in [0.5, 0.6) is 0 Å². The molecule has 0 bridgehead atoms. The van der Waals surface area contributed by atoms with Gasteiger partial charge in [-0.15, -0.1) is 12.3 Å². The zero-order chi connectivity index (χ0) is 13.1. The maximum Gasteiger partial charge on any atom is 0.0991 e. The largest absolute Gasteiger partial charge is 0.192 e. The summed E-state index contributed by atoms with van der Waals surface area (Å²) in [6.07, 6.45) is 11.2. The number of rotatable bonds is 0. The maximum absolute atomic E-state index is 8.67. The number of terminal acetylenes is 1. The predicted octanol–water partition coefficient (Wildman–Crippen LogP) is 2.58. The molecule has 0 unspecified atom stereocenters. The molecule has 0 N–H and O–H groups in total. The Morgan fingerprint density at radius 1 is 1.12 bits per heavy atom. The van der Waals surface area contributed by atoms with Gasteiger partial charge in [-0.3, -0.25) is 0 Å². The van der Waals surface area contributed by atoms with Crippen molar-refractivity contribution in [3.8, 4) is 18.4 Å². The monoisotopic (exact) mass is 225 g/mol. The summed E-state index contributed by atoms with van der Waals surface area (Å²) in [5, 5.41) is 11.1. The van der Waals surface area contributed by atoms with Crippen LogP contribution in [0.3, 0.4) is 0 Å². The number of nitrogens with zero attached hydrogens (tertiary/aromatic N) is 1. The lowest BCUT2D eigenvalue weighted by atomic mass is 10.1. The van der Waals surface area contributed by atoms with E-state index in [0.29, 0.717) is 0 Å². The van der Waals surface area contributed by atoms with Crippen LogP contribution in [0.25, 0.3) is 12.2 Å². The Labute approximate surface area is 104 Å². The maximum atomic E-state index is 8.67. The molecule has 0 saturated heterocycles. The van der Waals surface area contributed by atoms with Crippen LogP contribution in [0.15, 0.2) is 18.2 Å². The fraction of sp³-hybridized carbons (Fsp3) is 0.312. The van der Waals surface area contributed by atoms with E-state index < -0.39 is 0 Å². The molecule has 0 aliphatic heterocycles. The third-order valence-corrected chi connectivity index (χ3v) is 2.11. The number of hydrogen-bond acceptors (Lipinski definition) is 1. The highest BCUT2D eigenvalue weighted by atomic mass is 14.2. The van der Waals surface area contributed by atoms with Crippen LogP contribution in [0.4, 0.5) is 0 Å². The molecule has 1 aromatic rings. The Bertz CT molecular complexity index is 524. The van der Waals surface area contributed by atoms with Crippen molar-refractivity contribution < 1.29 is 0 Å². The van der Waals surface area contributed by atoms with Crippen LogP contribution < -0.4 is 10.4 Å². The first-order valence-electron chi connectivity index (χ1n) is 5.89. The van der Waals surface area contributed by atoms with Gasteiger partial charge in [0.25, 0.3) is 0 Å². The Morgan fingerprint density at radius 2 is 1.65 bits per heavy atom. The highest BCUT2D eigenvalue weighted by Crippen LogP contribution is 1.96. The van der Waals surface area contributed by atoms with Crippen LogP contribution >= 0.6 is 0 Å². The smallest absolute Gasteiger partial charge is 0.0991 e. The molecule has 1 aliphatic carbocycles. The van der Waals surface area contributed by atoms with Gasteiger partial charge in [-0.25, -0.2) is 0 Å². The van der Waals surface area contributed by atoms with E-state index in [4.69, 9.17) is 5.26 Å². The number of fused-ring (bicyclic) bond motifs is 1. The zero-order valence-electron chi connectivity index (χ0n) is 10.8. The molecule has 0 atom stereocenters. The minimum atomic E-state index is 0.750. The van der Waals surface area contributed by atoms with Crippen LogP contribution in [0.2, 0.25) is 0 Å². The van der Waals surface area contributed by atoms with Gasteiger partial charge in [-0.1, -0.05) is 32.1 Å². The van der Waals surface area contributed by atoms with Crippen molar-refractivity contribution in [2.45, 2.75) is 33.6 Å². The first kappa shape index (κ1) is 15.0. The van der Waals surface area contributed by atoms with Gasteiger partial charge in [0.05, 0.1) is 11.6 Å². The quantitative estimate of drug-likeness (QED) is 0.623. The summed E-state index contributed by atoms with van der Waals surface area (Å²) in [4.78, 5) is 0. The highest BCUT2D eigenvalue weighted by molar-refractivity contribution is 5.41. The van der Waals surface area contributed by atoms with E-state index in [0.717, 1.165) is 18.4 Å². The molecular weight excluding hydrogens is 206 g/mol. The van der Waals surface area contributed by atoms with E-state index in [1.807, 2.05) is 32.0 Å². The van der Waals surface area contributed by atoms with Crippen molar-refractivity contribution in [3.05, 3.63) is 34.2 Å². The molecule has 1 nitrogen and oxygen atoms in total. The Kier molecular flexibility index (Phi) is 8.17. The molecule has 88 valence electrons. The summed E-state index contributed by atoms with van der Waals surface area (Å²) in [5.74, 6) is 2.25. The van der Waals surface area contributed by atoms with Gasteiger partial charge in [0.1, 0.15) is 0 Å². The third-order valence-electron chi connectivity index (χ3n) is 2.11. The van der Waals surface area contributed by atoms with E-state index in [2.05, 4.69) is 30.6 Å². The van der Waals surface area contributed by atoms with E-state index in [-0.39, 0.29) is 0 Å². The third kappa shape index (κ3) is 5.05. The Morgan fingerprint density at radius 3 is 2.18 bits per heavy atom. The average Bonchev–Trinajstić information content (AvgIpc) is 2.41. The molecule has 0 fully saturated rings. The predicted molar refractivity (Wildman–Crippen MR) is 74.4 cm³/mol. The first-order valence-corrected chi connectivity index (χ1v) is 5.89. The van der Waals surface area contributed by atoms with Crippen molar-refractivity contribution in [1.29, 1.82) is 5.26 Å². The van der Waals surface area contributed by atoms with Crippen LogP contribution in [0, 0.1) is 23.7 Å². The molecule has 1 aliphatic rings. The highest BCUT2D eigenvalue weighted by Gasteiger charge is 1.94. The molecular formula is C16H19N. The van der Waals surface area contributed by atoms with Crippen LogP contribution in [-0.2, 0) is 0 Å². The Hall–Kier alpha value is -1.99. The molecule has 2 rings (SSSR count). The van der Waals surface area contributed by atoms with E-state index in [9.17, 15) is 0 Å². The van der Waals surface area contributed by atoms with Crippen LogP contribution in [0.1, 0.15) is 39.2 Å². The first-order chi connectivity index (χ1) is 8.31. The molecule has 0 spiro atoms. The lowest BCUT2D eigenvalue weighted by Gasteiger charge is -1.98. The molecule has 0 amide bonds. The fourth-order valence-electron chi connectivity index (χ4n) is 1.48. The topological polar surface area (TPSA) is 23.8 Å². The number of hydrogen-bond donors (Lipinski definition) is 0. The molecule has 17 heavy (non-hydrogen) atoms. The van der Waals surface area contributed by atoms with Crippen molar-refractivity contribution >= 4 is 12.2 Å². The molecule has 0 saturated carbocycles. The van der Waals surface area contributed by atoms with Gasteiger partial charge < -0.3 is 0 Å². The second-order valence-electron chi connectivity index (χ2n) is 3.23. The second-order valence-corrected chi connectivity index (χ2v) is 3.23. The van der Waals surface area contributed by atoms with E-state index in [1.165, 1.54) is 10.4 Å². The summed E-state index contributed by atoms with van der Waals surface area (Å²) in [7, 11) is 0. The normalized spacial score (nSPS) is 10.4. The summed E-state index contributed by atoms with van der Waals surface area (Å²) in [5.41, 5.74) is 0.750. The molecule has 0 heterocycles. The molecule has 1 heteroatoms. The van der Waals surface area contributed by atoms with Gasteiger partial charge in [-0.05, 0) is 42.3 Å². The SMILES string of the molecule is C#CC.CC.N#Cc1ccc2c(c1)=CCCC=2. The van der Waals surface area contributed by atoms with Gasteiger partial charge >= 0.3 is 0 Å². The van der Waals surface area contributed by atoms with Crippen molar-refractivity contribution in [2.24, 2.45) is 0 Å². The van der Waals surface area contributed by atoms with Crippen molar-refractivity contribution in [2.75, 3.05) is 0 Å². The number of benzene rings is 1. The second kappa shape index (κ2) is 9.25. The lowest BCUT2D eigenvalue weighted by molar-refractivity contribution is 1.12. The van der Waals surface area contributed by atoms with Crippen molar-refractivity contribution in [1.82, 2.24) is 0 Å². The van der Waals surface area contributed by atoms with Gasteiger partial charge in [0, 0.05) is 0 Å². The lowest BCUT2D eigenvalue weighted by Crippen LogP contribution is -2.26. The summed E-state index contributed by atoms with van der Waals surface area (Å²) >= 11 is 0. The average molecular weight is 225 g/mol. The van der Waals surface area contributed by atoms with Gasteiger partial charge in [0.2, 0.25) is 0 Å². The molecule has 1 aromatic carbocycles. The van der Waals surface area contributed by atoms with Gasteiger partial charge in [0.15, 0.2) is 0 Å². The number of nitriles is 1. The molecule has 0 radical (unpaired) electrons. The van der Waals surface area contributed by atoms with Gasteiger partial charge in [-0.2, -0.15) is 5.26 Å².